The van der Waals surface area contributed by atoms with E-state index in [2.05, 4.69) is 22.9 Å². The molecule has 1 nitrogen and oxygen atoms in total. The van der Waals surface area contributed by atoms with Crippen LogP contribution in [0.5, 0.6) is 0 Å². The molecule has 0 spiro atoms. The summed E-state index contributed by atoms with van der Waals surface area (Å²) in [5, 5.41) is 10.8. The Kier molecular flexibility index (Phi) is 8.76. The smallest absolute Gasteiger partial charge is 0.0804 e. The average molecular weight is 348 g/mol. The van der Waals surface area contributed by atoms with Crippen LogP contribution < -0.4 is 0 Å². The summed E-state index contributed by atoms with van der Waals surface area (Å²) in [7, 11) is 0. The molecule has 0 aliphatic heterocycles. The van der Waals surface area contributed by atoms with Gasteiger partial charge in [0.05, 0.1) is 11.1 Å². The van der Waals surface area contributed by atoms with Gasteiger partial charge < -0.3 is 5.11 Å². The fourth-order valence-corrected chi connectivity index (χ4v) is 2.86. The second-order valence-electron chi connectivity index (χ2n) is 5.07. The Morgan fingerprint density at radius 2 is 1.74 bits per heavy atom. The van der Waals surface area contributed by atoms with Gasteiger partial charge in [-0.15, -0.1) is 0 Å². The highest BCUT2D eigenvalue weighted by atomic mass is 79.9. The molecule has 0 bridgehead atoms. The molecule has 19 heavy (non-hydrogen) atoms. The number of hydrogen-bond donors (Lipinski definition) is 1. The molecular formula is C16H24BrClO. The lowest BCUT2D eigenvalue weighted by Crippen LogP contribution is -1.98. The third-order valence-electron chi connectivity index (χ3n) is 3.42. The summed E-state index contributed by atoms with van der Waals surface area (Å²) in [5.74, 6) is 0. The van der Waals surface area contributed by atoms with Crippen LogP contribution in [-0.4, -0.2) is 5.11 Å². The zero-order chi connectivity index (χ0) is 14.1. The standard InChI is InChI=1S/C16H24BrClO/c1-2-3-4-5-6-7-8-12-15(19)13-10-9-11-14(17)16(13)18/h9-11,15,19H,2-8,12H2,1H3. The summed E-state index contributed by atoms with van der Waals surface area (Å²) in [4.78, 5) is 0. The molecule has 1 aromatic carbocycles. The van der Waals surface area contributed by atoms with Gasteiger partial charge in [0.15, 0.2) is 0 Å². The molecule has 108 valence electrons. The van der Waals surface area contributed by atoms with Crippen molar-refractivity contribution in [1.82, 2.24) is 0 Å². The fraction of sp³-hybridized carbons (Fsp3) is 0.625. The van der Waals surface area contributed by atoms with E-state index >= 15 is 0 Å². The summed E-state index contributed by atoms with van der Waals surface area (Å²) in [6.07, 6.45) is 9.19. The zero-order valence-electron chi connectivity index (χ0n) is 11.7. The van der Waals surface area contributed by atoms with Gasteiger partial charge in [0.2, 0.25) is 0 Å². The van der Waals surface area contributed by atoms with Crippen LogP contribution in [0.15, 0.2) is 22.7 Å². The molecule has 0 aliphatic carbocycles. The monoisotopic (exact) mass is 346 g/mol. The van der Waals surface area contributed by atoms with Crippen LogP contribution in [0.3, 0.4) is 0 Å². The minimum atomic E-state index is -0.444. The quantitative estimate of drug-likeness (QED) is 0.521. The van der Waals surface area contributed by atoms with Gasteiger partial charge in [-0.25, -0.2) is 0 Å². The number of benzene rings is 1. The van der Waals surface area contributed by atoms with Crippen LogP contribution in [0.2, 0.25) is 5.02 Å². The lowest BCUT2D eigenvalue weighted by Gasteiger charge is -2.13. The first-order chi connectivity index (χ1) is 9.16. The Balaban J connectivity index is 2.24. The molecule has 1 aromatic rings. The van der Waals surface area contributed by atoms with E-state index in [0.717, 1.165) is 22.9 Å². The second kappa shape index (κ2) is 9.79. The highest BCUT2D eigenvalue weighted by Crippen LogP contribution is 2.32. The number of hydrogen-bond acceptors (Lipinski definition) is 1. The molecule has 0 saturated carbocycles. The van der Waals surface area contributed by atoms with Gasteiger partial charge >= 0.3 is 0 Å². The van der Waals surface area contributed by atoms with Crippen LogP contribution in [0.4, 0.5) is 0 Å². The molecule has 0 radical (unpaired) electrons. The summed E-state index contributed by atoms with van der Waals surface area (Å²) >= 11 is 9.57. The second-order valence-corrected chi connectivity index (χ2v) is 6.30. The van der Waals surface area contributed by atoms with Crippen molar-refractivity contribution in [3.63, 3.8) is 0 Å². The topological polar surface area (TPSA) is 20.2 Å². The Hall–Kier alpha value is -0.0500. The molecule has 1 rings (SSSR count). The van der Waals surface area contributed by atoms with Gasteiger partial charge in [-0.3, -0.25) is 0 Å². The molecule has 0 amide bonds. The average Bonchev–Trinajstić information content (AvgIpc) is 2.40. The molecule has 0 heterocycles. The molecule has 3 heteroatoms. The molecule has 0 aromatic heterocycles. The summed E-state index contributed by atoms with van der Waals surface area (Å²) < 4.78 is 0.852. The first-order valence-electron chi connectivity index (χ1n) is 7.28. The predicted octanol–water partition coefficient (Wildman–Crippen LogP) is 6.28. The van der Waals surface area contributed by atoms with Crippen molar-refractivity contribution in [2.75, 3.05) is 0 Å². The van der Waals surface area contributed by atoms with E-state index in [4.69, 9.17) is 11.6 Å². The third kappa shape index (κ3) is 6.29. The summed E-state index contributed by atoms with van der Waals surface area (Å²) in [6, 6.07) is 5.71. The molecule has 0 saturated heterocycles. The van der Waals surface area contributed by atoms with Crippen molar-refractivity contribution in [3.05, 3.63) is 33.3 Å². The van der Waals surface area contributed by atoms with E-state index in [1.807, 2.05) is 18.2 Å². The minimum Gasteiger partial charge on any atom is -0.388 e. The van der Waals surface area contributed by atoms with Crippen molar-refractivity contribution < 1.29 is 5.11 Å². The van der Waals surface area contributed by atoms with Crippen LogP contribution in [0.1, 0.15) is 70.0 Å². The maximum absolute atomic E-state index is 10.2. The molecular weight excluding hydrogens is 324 g/mol. The van der Waals surface area contributed by atoms with Crippen molar-refractivity contribution >= 4 is 27.5 Å². The molecule has 1 N–H and O–H groups in total. The Labute approximate surface area is 130 Å². The Morgan fingerprint density at radius 3 is 2.42 bits per heavy atom. The van der Waals surface area contributed by atoms with E-state index < -0.39 is 6.10 Å². The van der Waals surface area contributed by atoms with E-state index in [1.54, 1.807) is 0 Å². The van der Waals surface area contributed by atoms with Gasteiger partial charge in [-0.2, -0.15) is 0 Å². The van der Waals surface area contributed by atoms with Gasteiger partial charge in [-0.05, 0) is 28.4 Å². The maximum Gasteiger partial charge on any atom is 0.0804 e. The number of halogens is 2. The van der Waals surface area contributed by atoms with Crippen molar-refractivity contribution in [2.24, 2.45) is 0 Å². The molecule has 1 atom stereocenters. The van der Waals surface area contributed by atoms with Crippen molar-refractivity contribution in [1.29, 1.82) is 0 Å². The first-order valence-corrected chi connectivity index (χ1v) is 8.46. The zero-order valence-corrected chi connectivity index (χ0v) is 14.0. The van der Waals surface area contributed by atoms with Gasteiger partial charge in [-0.1, -0.05) is 75.6 Å². The van der Waals surface area contributed by atoms with Crippen LogP contribution in [0, 0.1) is 0 Å². The first kappa shape index (κ1) is 17.0. The Morgan fingerprint density at radius 1 is 1.11 bits per heavy atom. The highest BCUT2D eigenvalue weighted by Gasteiger charge is 2.12. The van der Waals surface area contributed by atoms with Gasteiger partial charge in [0.25, 0.3) is 0 Å². The van der Waals surface area contributed by atoms with E-state index in [-0.39, 0.29) is 0 Å². The normalized spacial score (nSPS) is 12.6. The highest BCUT2D eigenvalue weighted by molar-refractivity contribution is 9.10. The molecule has 0 fully saturated rings. The van der Waals surface area contributed by atoms with Crippen LogP contribution in [-0.2, 0) is 0 Å². The lowest BCUT2D eigenvalue weighted by atomic mass is 10.0. The largest absolute Gasteiger partial charge is 0.388 e. The van der Waals surface area contributed by atoms with E-state index in [1.165, 1.54) is 38.5 Å². The predicted molar refractivity (Wildman–Crippen MR) is 86.7 cm³/mol. The number of unbranched alkanes of at least 4 members (excludes halogenated alkanes) is 6. The molecule has 1 unspecified atom stereocenters. The summed E-state index contributed by atoms with van der Waals surface area (Å²) in [6.45, 7) is 2.23. The lowest BCUT2D eigenvalue weighted by molar-refractivity contribution is 0.163. The third-order valence-corrected chi connectivity index (χ3v) is 4.73. The van der Waals surface area contributed by atoms with Gasteiger partial charge in [0, 0.05) is 10.0 Å². The number of aliphatic hydroxyl groups is 1. The fourth-order valence-electron chi connectivity index (χ4n) is 2.23. The number of rotatable bonds is 9. The Bertz CT molecular complexity index is 368. The van der Waals surface area contributed by atoms with Crippen LogP contribution in [0.25, 0.3) is 0 Å². The number of aliphatic hydroxyl groups excluding tert-OH is 1. The van der Waals surface area contributed by atoms with Gasteiger partial charge in [0.1, 0.15) is 0 Å². The maximum atomic E-state index is 10.2. The minimum absolute atomic E-state index is 0.444. The van der Waals surface area contributed by atoms with Crippen molar-refractivity contribution in [3.8, 4) is 0 Å². The van der Waals surface area contributed by atoms with Crippen LogP contribution >= 0.6 is 27.5 Å². The van der Waals surface area contributed by atoms with E-state index in [0.29, 0.717) is 5.02 Å². The van der Waals surface area contributed by atoms with E-state index in [9.17, 15) is 5.11 Å². The van der Waals surface area contributed by atoms with Crippen molar-refractivity contribution in [2.45, 2.75) is 64.4 Å². The molecule has 0 aliphatic rings. The summed E-state index contributed by atoms with van der Waals surface area (Å²) in [5.41, 5.74) is 0.835. The SMILES string of the molecule is CCCCCCCCCC(O)c1cccc(Br)c1Cl.